The van der Waals surface area contributed by atoms with Gasteiger partial charge in [-0.1, -0.05) is 0 Å². The third-order valence-corrected chi connectivity index (χ3v) is 1.79. The topological polar surface area (TPSA) is 345 Å². The van der Waals surface area contributed by atoms with Gasteiger partial charge in [0, 0.05) is 81.7 Å². The zero-order valence-corrected chi connectivity index (χ0v) is 19.7. The first-order chi connectivity index (χ1) is 11.7. The SMILES string of the molecule is O=C(O)C(O)(O)C(=O)O.O=C(O)C(O)(O)C(=O)O.O=C(O)C(O)(O)C(=O)O.[Nd].[Nd]. The van der Waals surface area contributed by atoms with Crippen LogP contribution in [0.2, 0.25) is 0 Å². The van der Waals surface area contributed by atoms with Crippen molar-refractivity contribution in [2.75, 3.05) is 0 Å². The Hall–Kier alpha value is -0.719. The maximum absolute atomic E-state index is 9.58. The number of carboxylic acids is 6. The molecule has 0 aromatic rings. The molecule has 0 rings (SSSR count). The van der Waals surface area contributed by atoms with Gasteiger partial charge in [-0.25, -0.2) is 28.8 Å². The van der Waals surface area contributed by atoms with E-state index in [4.69, 9.17) is 61.3 Å². The molecule has 0 saturated carbocycles. The molecule has 29 heavy (non-hydrogen) atoms. The van der Waals surface area contributed by atoms with Crippen molar-refractivity contribution in [2.24, 2.45) is 0 Å². The summed E-state index contributed by atoms with van der Waals surface area (Å²) in [7, 11) is 0. The van der Waals surface area contributed by atoms with E-state index in [0.717, 1.165) is 0 Å². The van der Waals surface area contributed by atoms with Gasteiger partial charge in [-0.15, -0.1) is 0 Å². The molecule has 0 saturated heterocycles. The summed E-state index contributed by atoms with van der Waals surface area (Å²) in [5, 5.41) is 94.5. The van der Waals surface area contributed by atoms with E-state index in [2.05, 4.69) is 0 Å². The minimum atomic E-state index is -3.67. The van der Waals surface area contributed by atoms with Crippen molar-refractivity contribution in [3.05, 3.63) is 0 Å². The van der Waals surface area contributed by atoms with Gasteiger partial charge in [0.15, 0.2) is 0 Å². The van der Waals surface area contributed by atoms with Gasteiger partial charge in [0.1, 0.15) is 0 Å². The van der Waals surface area contributed by atoms with Gasteiger partial charge in [0.25, 0.3) is 0 Å². The molecule has 0 atom stereocenters. The summed E-state index contributed by atoms with van der Waals surface area (Å²) in [6.07, 6.45) is 0. The molecule has 0 fully saturated rings. The van der Waals surface area contributed by atoms with Crippen LogP contribution in [-0.4, -0.2) is 114 Å². The second kappa shape index (κ2) is 15.1. The van der Waals surface area contributed by atoms with Crippen molar-refractivity contribution >= 4 is 35.8 Å². The fourth-order valence-corrected chi connectivity index (χ4v) is 0.274. The van der Waals surface area contributed by atoms with Crippen LogP contribution in [0.4, 0.5) is 0 Å². The Morgan fingerprint density at radius 3 is 0.414 bits per heavy atom. The number of rotatable bonds is 6. The summed E-state index contributed by atoms with van der Waals surface area (Å²) in [6.45, 7) is 0. The Kier molecular flexibility index (Phi) is 20.3. The standard InChI is InChI=1S/3C3H4O6.2Nd/c3*4-1(5)3(8,9)2(6)7;;/h3*8-9H,(H,4,5)(H,6,7);;. The first kappa shape index (κ1) is 38.8. The predicted molar refractivity (Wildman–Crippen MR) is 67.3 cm³/mol. The van der Waals surface area contributed by atoms with Crippen LogP contribution in [0.5, 0.6) is 0 Å². The molecule has 0 unspecified atom stereocenters. The molecule has 0 aliphatic rings. The molecule has 0 aromatic carbocycles. The largest absolute Gasteiger partial charge is 0.477 e. The van der Waals surface area contributed by atoms with Gasteiger partial charge < -0.3 is 61.3 Å². The van der Waals surface area contributed by atoms with Crippen molar-refractivity contribution in [3.63, 3.8) is 0 Å². The van der Waals surface area contributed by atoms with Crippen LogP contribution < -0.4 is 0 Å². The van der Waals surface area contributed by atoms with E-state index in [-0.39, 0.29) is 81.7 Å². The molecule has 0 heterocycles. The van der Waals surface area contributed by atoms with Crippen LogP contribution in [0.25, 0.3) is 0 Å². The zero-order chi connectivity index (χ0) is 23.0. The number of hydrogen-bond acceptors (Lipinski definition) is 12. The molecule has 18 nitrogen and oxygen atoms in total. The second-order valence-corrected chi connectivity index (χ2v) is 3.85. The molecule has 0 aromatic heterocycles. The summed E-state index contributed by atoms with van der Waals surface area (Å²) < 4.78 is 0. The summed E-state index contributed by atoms with van der Waals surface area (Å²) in [6, 6.07) is 0. The fourth-order valence-electron chi connectivity index (χ4n) is 0.274. The molecular weight excluding hydrogens is 685 g/mol. The molecule has 0 bridgehead atoms. The van der Waals surface area contributed by atoms with E-state index in [0.29, 0.717) is 0 Å². The Morgan fingerprint density at radius 1 is 0.345 bits per heavy atom. The van der Waals surface area contributed by atoms with E-state index in [1.54, 1.807) is 0 Å². The van der Waals surface area contributed by atoms with E-state index < -0.39 is 53.2 Å². The molecule has 0 spiro atoms. The van der Waals surface area contributed by atoms with Gasteiger partial charge in [-0.2, -0.15) is 0 Å². The van der Waals surface area contributed by atoms with Crippen LogP contribution in [0.15, 0.2) is 0 Å². The van der Waals surface area contributed by atoms with Crippen LogP contribution in [0, 0.1) is 81.7 Å². The average Bonchev–Trinajstić information content (AvgIpc) is 2.47. The number of aliphatic carboxylic acids is 6. The summed E-state index contributed by atoms with van der Waals surface area (Å²) >= 11 is 0. The predicted octanol–water partition coefficient (Wildman–Crippen LogP) is -6.49. The maximum Gasteiger partial charge on any atom is 0.376 e. The molecule has 0 radical (unpaired) electrons. The van der Waals surface area contributed by atoms with Crippen LogP contribution in [-0.2, 0) is 28.8 Å². The summed E-state index contributed by atoms with van der Waals surface area (Å²) in [4.78, 5) is 57.5. The second-order valence-electron chi connectivity index (χ2n) is 3.85. The third-order valence-electron chi connectivity index (χ3n) is 1.79. The first-order valence-corrected chi connectivity index (χ1v) is 5.41. The Balaban J connectivity index is -0.0000000960. The molecule has 164 valence electrons. The normalized spacial score (nSPS) is 10.1. The van der Waals surface area contributed by atoms with Gasteiger partial charge in [0.05, 0.1) is 0 Å². The molecule has 0 aliphatic carbocycles. The van der Waals surface area contributed by atoms with Gasteiger partial charge in [-0.05, 0) is 0 Å². The summed E-state index contributed by atoms with van der Waals surface area (Å²) in [5.41, 5.74) is 0. The Bertz CT molecular complexity index is 487. The van der Waals surface area contributed by atoms with Gasteiger partial charge in [-0.3, -0.25) is 0 Å². The maximum atomic E-state index is 9.58. The van der Waals surface area contributed by atoms with E-state index in [1.165, 1.54) is 0 Å². The number of carbonyl (C=O) groups is 6. The van der Waals surface area contributed by atoms with Crippen LogP contribution in [0.1, 0.15) is 0 Å². The molecular formula is C9H12Nd2O18. The molecule has 0 aliphatic heterocycles. The van der Waals surface area contributed by atoms with Gasteiger partial charge in [0.2, 0.25) is 0 Å². The average molecular weight is 697 g/mol. The number of carboxylic acid groups (broad SMARTS) is 6. The quantitative estimate of drug-likeness (QED) is 0.0907. The molecule has 20 heteroatoms. The van der Waals surface area contributed by atoms with E-state index >= 15 is 0 Å². The monoisotopic (exact) mass is 692 g/mol. The summed E-state index contributed by atoms with van der Waals surface area (Å²) in [5.74, 6) is -24.3. The number of hydrogen-bond donors (Lipinski definition) is 12. The molecule has 0 amide bonds. The van der Waals surface area contributed by atoms with Crippen molar-refractivity contribution in [1.82, 2.24) is 0 Å². The van der Waals surface area contributed by atoms with Crippen molar-refractivity contribution in [1.29, 1.82) is 0 Å². The minimum Gasteiger partial charge on any atom is -0.477 e. The fraction of sp³-hybridized carbons (Fsp3) is 0.333. The zero-order valence-electron chi connectivity index (χ0n) is 13.3. The van der Waals surface area contributed by atoms with Crippen molar-refractivity contribution in [2.45, 2.75) is 17.4 Å². The van der Waals surface area contributed by atoms with Crippen molar-refractivity contribution < 1.29 is 172 Å². The third kappa shape index (κ3) is 14.0. The Morgan fingerprint density at radius 2 is 0.414 bits per heavy atom. The molecule has 12 N–H and O–H groups in total. The van der Waals surface area contributed by atoms with Crippen LogP contribution >= 0.6 is 0 Å². The number of aliphatic hydroxyl groups is 6. The van der Waals surface area contributed by atoms with E-state index in [1.807, 2.05) is 0 Å². The Labute approximate surface area is 222 Å². The van der Waals surface area contributed by atoms with Crippen LogP contribution in [0.3, 0.4) is 0 Å². The van der Waals surface area contributed by atoms with E-state index in [9.17, 15) is 28.8 Å². The first-order valence-electron chi connectivity index (χ1n) is 5.41. The minimum absolute atomic E-state index is 0. The van der Waals surface area contributed by atoms with Gasteiger partial charge >= 0.3 is 53.2 Å². The van der Waals surface area contributed by atoms with Crippen molar-refractivity contribution in [3.8, 4) is 0 Å². The smallest absolute Gasteiger partial charge is 0.376 e.